The van der Waals surface area contributed by atoms with Crippen LogP contribution in [0.25, 0.3) is 0 Å². The Balaban J connectivity index is 1.94. The molecule has 0 amide bonds. The Labute approximate surface area is 130 Å². The van der Waals surface area contributed by atoms with Crippen molar-refractivity contribution in [1.82, 2.24) is 10.3 Å². The van der Waals surface area contributed by atoms with Gasteiger partial charge in [0.2, 0.25) is 0 Å². The van der Waals surface area contributed by atoms with Crippen molar-refractivity contribution in [1.29, 1.82) is 0 Å². The fourth-order valence-electron chi connectivity index (χ4n) is 2.01. The van der Waals surface area contributed by atoms with Gasteiger partial charge in [-0.15, -0.1) is 11.3 Å². The van der Waals surface area contributed by atoms with E-state index in [9.17, 15) is 0 Å². The minimum absolute atomic E-state index is 0.782. The minimum atomic E-state index is 0.782. The van der Waals surface area contributed by atoms with Crippen LogP contribution in [0.15, 0.2) is 24.3 Å². The van der Waals surface area contributed by atoms with Crippen LogP contribution in [0.5, 0.6) is 0 Å². The average molecular weight is 309 g/mol. The number of halogens is 1. The van der Waals surface area contributed by atoms with Crippen molar-refractivity contribution in [3.63, 3.8) is 0 Å². The molecule has 2 nitrogen and oxygen atoms in total. The van der Waals surface area contributed by atoms with E-state index in [2.05, 4.69) is 36.3 Å². The second-order valence-corrected chi connectivity index (χ2v) is 6.55. The largest absolute Gasteiger partial charge is 0.312 e. The fraction of sp³-hybridized carbons (Fsp3) is 0.438. The lowest BCUT2D eigenvalue weighted by atomic mass is 10.2. The number of unbranched alkanes of at least 4 members (excludes halogenated alkanes) is 1. The summed E-state index contributed by atoms with van der Waals surface area (Å²) in [7, 11) is 0. The molecule has 0 fully saturated rings. The van der Waals surface area contributed by atoms with Crippen LogP contribution < -0.4 is 5.32 Å². The molecule has 1 heterocycles. The lowest BCUT2D eigenvalue weighted by molar-refractivity contribution is 0.644. The second kappa shape index (κ2) is 7.77. The maximum atomic E-state index is 5.91. The van der Waals surface area contributed by atoms with Crippen LogP contribution in [0, 0.1) is 6.92 Å². The molecule has 108 valence electrons. The van der Waals surface area contributed by atoms with Gasteiger partial charge >= 0.3 is 0 Å². The summed E-state index contributed by atoms with van der Waals surface area (Å²) in [6.07, 6.45) is 3.35. The number of rotatable bonds is 7. The Morgan fingerprint density at radius 3 is 2.70 bits per heavy atom. The number of thiazole rings is 1. The molecule has 0 aliphatic rings. The van der Waals surface area contributed by atoms with Crippen LogP contribution >= 0.6 is 22.9 Å². The molecule has 1 N–H and O–H groups in total. The van der Waals surface area contributed by atoms with Crippen molar-refractivity contribution in [3.8, 4) is 0 Å². The van der Waals surface area contributed by atoms with Crippen LogP contribution in [0.4, 0.5) is 0 Å². The normalized spacial score (nSPS) is 10.9. The monoisotopic (exact) mass is 308 g/mol. The summed E-state index contributed by atoms with van der Waals surface area (Å²) in [6.45, 7) is 6.33. The van der Waals surface area contributed by atoms with Gasteiger partial charge in [-0.1, -0.05) is 37.1 Å². The number of aryl methyl sites for hydroxylation is 1. The van der Waals surface area contributed by atoms with Crippen molar-refractivity contribution in [2.45, 2.75) is 39.7 Å². The Kier molecular flexibility index (Phi) is 6.02. The topological polar surface area (TPSA) is 24.9 Å². The molecule has 0 atom stereocenters. The Morgan fingerprint density at radius 2 is 2.00 bits per heavy atom. The molecule has 0 saturated carbocycles. The van der Waals surface area contributed by atoms with E-state index in [1.807, 2.05) is 23.5 Å². The van der Waals surface area contributed by atoms with Gasteiger partial charge in [0, 0.05) is 22.9 Å². The predicted molar refractivity (Wildman–Crippen MR) is 87.7 cm³/mol. The van der Waals surface area contributed by atoms with Crippen molar-refractivity contribution >= 4 is 22.9 Å². The van der Waals surface area contributed by atoms with Gasteiger partial charge in [0.1, 0.15) is 0 Å². The molecule has 0 aliphatic heterocycles. The van der Waals surface area contributed by atoms with E-state index < -0.39 is 0 Å². The van der Waals surface area contributed by atoms with E-state index in [1.54, 1.807) is 0 Å². The van der Waals surface area contributed by atoms with Crippen molar-refractivity contribution in [2.75, 3.05) is 6.54 Å². The highest BCUT2D eigenvalue weighted by Gasteiger charge is 2.08. The smallest absolute Gasteiger partial charge is 0.0975 e. The Hall–Kier alpha value is -0.900. The molecule has 1 aromatic carbocycles. The first-order valence-corrected chi connectivity index (χ1v) is 8.29. The molecule has 0 radical (unpaired) electrons. The summed E-state index contributed by atoms with van der Waals surface area (Å²) in [5.41, 5.74) is 2.41. The van der Waals surface area contributed by atoms with Crippen molar-refractivity contribution < 1.29 is 0 Å². The van der Waals surface area contributed by atoms with Crippen LogP contribution in [0.2, 0.25) is 5.02 Å². The van der Waals surface area contributed by atoms with E-state index >= 15 is 0 Å². The van der Waals surface area contributed by atoms with E-state index in [-0.39, 0.29) is 0 Å². The quantitative estimate of drug-likeness (QED) is 0.757. The highest BCUT2D eigenvalue weighted by Crippen LogP contribution is 2.21. The third-order valence-corrected chi connectivity index (χ3v) is 4.61. The van der Waals surface area contributed by atoms with Crippen molar-refractivity contribution in [2.24, 2.45) is 0 Å². The van der Waals surface area contributed by atoms with E-state index in [0.717, 1.165) is 30.2 Å². The summed E-state index contributed by atoms with van der Waals surface area (Å²) in [4.78, 5) is 6.02. The molecule has 2 rings (SSSR count). The maximum absolute atomic E-state index is 5.91. The molecule has 0 unspecified atom stereocenters. The molecule has 4 heteroatoms. The first-order valence-electron chi connectivity index (χ1n) is 7.09. The zero-order valence-corrected chi connectivity index (χ0v) is 13.7. The van der Waals surface area contributed by atoms with Crippen LogP contribution in [-0.2, 0) is 13.0 Å². The maximum Gasteiger partial charge on any atom is 0.0975 e. The first kappa shape index (κ1) is 15.5. The molecule has 0 spiro atoms. The Morgan fingerprint density at radius 1 is 1.25 bits per heavy atom. The van der Waals surface area contributed by atoms with E-state index in [1.165, 1.54) is 28.3 Å². The number of hydrogen-bond donors (Lipinski definition) is 1. The number of nitrogens with one attached hydrogen (secondary N) is 1. The zero-order valence-electron chi connectivity index (χ0n) is 12.1. The molecule has 0 aliphatic carbocycles. The summed E-state index contributed by atoms with van der Waals surface area (Å²) in [5.74, 6) is 0. The Bertz CT molecular complexity index is 534. The van der Waals surface area contributed by atoms with Gasteiger partial charge in [-0.25, -0.2) is 4.98 Å². The number of hydrogen-bond acceptors (Lipinski definition) is 3. The summed E-state index contributed by atoms with van der Waals surface area (Å²) >= 11 is 7.72. The summed E-state index contributed by atoms with van der Waals surface area (Å²) in [5, 5.41) is 5.44. The third-order valence-electron chi connectivity index (χ3n) is 3.20. The van der Waals surface area contributed by atoms with E-state index in [0.29, 0.717) is 0 Å². The van der Waals surface area contributed by atoms with Crippen LogP contribution in [-0.4, -0.2) is 11.5 Å². The number of benzene rings is 1. The average Bonchev–Trinajstić information content (AvgIpc) is 2.78. The standard InChI is InChI=1S/C16H21ClN2S/c1-3-4-9-18-11-15-12(2)19-16(20-15)10-13-5-7-14(17)8-6-13/h5-8,18H,3-4,9-11H2,1-2H3. The van der Waals surface area contributed by atoms with Gasteiger partial charge < -0.3 is 5.32 Å². The number of nitrogens with zero attached hydrogens (tertiary/aromatic N) is 1. The van der Waals surface area contributed by atoms with E-state index in [4.69, 9.17) is 11.6 Å². The number of aromatic nitrogens is 1. The molecule has 0 bridgehead atoms. The zero-order chi connectivity index (χ0) is 14.4. The lowest BCUT2D eigenvalue weighted by Crippen LogP contribution is -2.14. The SMILES string of the molecule is CCCCNCc1sc(Cc2ccc(Cl)cc2)nc1C. The summed E-state index contributed by atoms with van der Waals surface area (Å²) in [6, 6.07) is 8.01. The molecular weight excluding hydrogens is 288 g/mol. The highest BCUT2D eigenvalue weighted by atomic mass is 35.5. The fourth-order valence-corrected chi connectivity index (χ4v) is 3.21. The van der Waals surface area contributed by atoms with Gasteiger partial charge in [-0.05, 0) is 37.6 Å². The van der Waals surface area contributed by atoms with Gasteiger partial charge in [0.05, 0.1) is 10.7 Å². The predicted octanol–water partition coefficient (Wildman–Crippen LogP) is 4.59. The van der Waals surface area contributed by atoms with Crippen LogP contribution in [0.3, 0.4) is 0 Å². The first-order chi connectivity index (χ1) is 9.69. The molecule has 1 aromatic heterocycles. The molecule has 20 heavy (non-hydrogen) atoms. The summed E-state index contributed by atoms with van der Waals surface area (Å²) < 4.78 is 0. The van der Waals surface area contributed by atoms with Crippen LogP contribution in [0.1, 0.15) is 40.9 Å². The van der Waals surface area contributed by atoms with Gasteiger partial charge in [0.15, 0.2) is 0 Å². The molecule has 0 saturated heterocycles. The van der Waals surface area contributed by atoms with Gasteiger partial charge in [0.25, 0.3) is 0 Å². The van der Waals surface area contributed by atoms with Crippen molar-refractivity contribution in [3.05, 3.63) is 50.4 Å². The van der Waals surface area contributed by atoms with Gasteiger partial charge in [-0.3, -0.25) is 0 Å². The second-order valence-electron chi connectivity index (χ2n) is 4.95. The minimum Gasteiger partial charge on any atom is -0.312 e. The molecular formula is C16H21ClN2S. The van der Waals surface area contributed by atoms with Gasteiger partial charge in [-0.2, -0.15) is 0 Å². The third kappa shape index (κ3) is 4.58. The lowest BCUT2D eigenvalue weighted by Gasteiger charge is -2.01. The highest BCUT2D eigenvalue weighted by molar-refractivity contribution is 7.11. The molecule has 2 aromatic rings.